The maximum Gasteiger partial charge on any atom is 0.251 e. The number of benzene rings is 2. The van der Waals surface area contributed by atoms with Gasteiger partial charge in [0.15, 0.2) is 0 Å². The predicted molar refractivity (Wildman–Crippen MR) is 84.3 cm³/mol. The molecule has 2 aromatic rings. The molecule has 0 fully saturated rings. The third-order valence-electron chi connectivity index (χ3n) is 3.75. The van der Waals surface area contributed by atoms with Gasteiger partial charge in [-0.15, -0.1) is 0 Å². The standard InChI is InChI=1S/C18H21NO2/c1-13-4-3-5-17(14(13)2)18(21)19-11-10-15-6-8-16(12-20)9-7-15/h3-9,20H,10-12H2,1-2H3,(H,19,21). The molecule has 0 heterocycles. The van der Waals surface area contributed by atoms with Gasteiger partial charge in [-0.05, 0) is 48.6 Å². The second kappa shape index (κ2) is 7.04. The highest BCUT2D eigenvalue weighted by atomic mass is 16.3. The Morgan fingerprint density at radius 1 is 1.05 bits per heavy atom. The molecule has 0 aliphatic rings. The molecule has 0 aliphatic carbocycles. The van der Waals surface area contributed by atoms with Crippen LogP contribution in [0.5, 0.6) is 0 Å². The highest BCUT2D eigenvalue weighted by molar-refractivity contribution is 5.95. The van der Waals surface area contributed by atoms with Gasteiger partial charge < -0.3 is 10.4 Å². The third-order valence-corrected chi connectivity index (χ3v) is 3.75. The quantitative estimate of drug-likeness (QED) is 0.886. The van der Waals surface area contributed by atoms with Crippen LogP contribution in [-0.4, -0.2) is 17.6 Å². The third kappa shape index (κ3) is 3.92. The SMILES string of the molecule is Cc1cccc(C(=O)NCCc2ccc(CO)cc2)c1C. The number of hydrogen-bond donors (Lipinski definition) is 2. The van der Waals surface area contributed by atoms with Crippen LogP contribution >= 0.6 is 0 Å². The summed E-state index contributed by atoms with van der Waals surface area (Å²) in [6.45, 7) is 4.64. The van der Waals surface area contributed by atoms with Crippen molar-refractivity contribution in [3.8, 4) is 0 Å². The van der Waals surface area contributed by atoms with Crippen LogP contribution in [0.1, 0.15) is 32.6 Å². The van der Waals surface area contributed by atoms with Crippen molar-refractivity contribution in [2.45, 2.75) is 26.9 Å². The number of carbonyl (C=O) groups excluding carboxylic acids is 1. The van der Waals surface area contributed by atoms with Crippen molar-refractivity contribution in [2.75, 3.05) is 6.54 Å². The Hall–Kier alpha value is -2.13. The first-order valence-corrected chi connectivity index (χ1v) is 7.15. The number of rotatable bonds is 5. The second-order valence-corrected chi connectivity index (χ2v) is 5.23. The second-order valence-electron chi connectivity index (χ2n) is 5.23. The lowest BCUT2D eigenvalue weighted by Crippen LogP contribution is -2.26. The lowest BCUT2D eigenvalue weighted by Gasteiger charge is -2.09. The summed E-state index contributed by atoms with van der Waals surface area (Å²) in [5.41, 5.74) is 4.95. The number of aliphatic hydroxyl groups is 1. The number of aliphatic hydroxyl groups excluding tert-OH is 1. The van der Waals surface area contributed by atoms with Crippen molar-refractivity contribution in [3.05, 3.63) is 70.3 Å². The molecule has 0 saturated carbocycles. The first-order chi connectivity index (χ1) is 10.1. The van der Waals surface area contributed by atoms with E-state index >= 15 is 0 Å². The minimum Gasteiger partial charge on any atom is -0.392 e. The summed E-state index contributed by atoms with van der Waals surface area (Å²) in [6, 6.07) is 13.5. The number of aryl methyl sites for hydroxylation is 1. The Balaban J connectivity index is 1.90. The molecule has 0 unspecified atom stereocenters. The molecule has 2 rings (SSSR count). The van der Waals surface area contributed by atoms with Crippen molar-refractivity contribution in [3.63, 3.8) is 0 Å². The van der Waals surface area contributed by atoms with Crippen LogP contribution in [0.3, 0.4) is 0 Å². The molecular formula is C18H21NO2. The van der Waals surface area contributed by atoms with Gasteiger partial charge in [-0.1, -0.05) is 36.4 Å². The van der Waals surface area contributed by atoms with Crippen molar-refractivity contribution in [1.82, 2.24) is 5.32 Å². The van der Waals surface area contributed by atoms with E-state index in [4.69, 9.17) is 5.11 Å². The van der Waals surface area contributed by atoms with Gasteiger partial charge in [0, 0.05) is 12.1 Å². The van der Waals surface area contributed by atoms with E-state index in [0.717, 1.165) is 34.2 Å². The Morgan fingerprint density at radius 3 is 2.38 bits per heavy atom. The highest BCUT2D eigenvalue weighted by Crippen LogP contribution is 2.12. The van der Waals surface area contributed by atoms with E-state index in [9.17, 15) is 4.79 Å². The van der Waals surface area contributed by atoms with Crippen LogP contribution in [0.4, 0.5) is 0 Å². The maximum atomic E-state index is 12.2. The smallest absolute Gasteiger partial charge is 0.251 e. The van der Waals surface area contributed by atoms with E-state index in [2.05, 4.69) is 5.32 Å². The van der Waals surface area contributed by atoms with Gasteiger partial charge in [0.1, 0.15) is 0 Å². The van der Waals surface area contributed by atoms with Gasteiger partial charge in [-0.2, -0.15) is 0 Å². The zero-order valence-electron chi connectivity index (χ0n) is 12.5. The fourth-order valence-electron chi connectivity index (χ4n) is 2.22. The fraction of sp³-hybridized carbons (Fsp3) is 0.278. The van der Waals surface area contributed by atoms with E-state index in [1.165, 1.54) is 0 Å². The van der Waals surface area contributed by atoms with Gasteiger partial charge >= 0.3 is 0 Å². The average Bonchev–Trinajstić information content (AvgIpc) is 2.50. The molecule has 0 spiro atoms. The minimum atomic E-state index is -0.0248. The summed E-state index contributed by atoms with van der Waals surface area (Å²) < 4.78 is 0. The molecule has 110 valence electrons. The van der Waals surface area contributed by atoms with Crippen LogP contribution < -0.4 is 5.32 Å². The number of carbonyl (C=O) groups is 1. The Morgan fingerprint density at radius 2 is 1.71 bits per heavy atom. The van der Waals surface area contributed by atoms with E-state index in [-0.39, 0.29) is 12.5 Å². The lowest BCUT2D eigenvalue weighted by molar-refractivity contribution is 0.0953. The largest absolute Gasteiger partial charge is 0.392 e. The van der Waals surface area contributed by atoms with E-state index < -0.39 is 0 Å². The summed E-state index contributed by atoms with van der Waals surface area (Å²) in [7, 11) is 0. The zero-order chi connectivity index (χ0) is 15.2. The molecule has 0 radical (unpaired) electrons. The summed E-state index contributed by atoms with van der Waals surface area (Å²) in [5.74, 6) is -0.0248. The van der Waals surface area contributed by atoms with Crippen LogP contribution in [0, 0.1) is 13.8 Å². The molecule has 3 nitrogen and oxygen atoms in total. The van der Waals surface area contributed by atoms with Crippen molar-refractivity contribution in [2.24, 2.45) is 0 Å². The topological polar surface area (TPSA) is 49.3 Å². The molecule has 0 bridgehead atoms. The average molecular weight is 283 g/mol. The van der Waals surface area contributed by atoms with Crippen molar-refractivity contribution in [1.29, 1.82) is 0 Å². The fourth-order valence-corrected chi connectivity index (χ4v) is 2.22. The first kappa shape index (κ1) is 15.3. The lowest BCUT2D eigenvalue weighted by atomic mass is 10.0. The molecule has 3 heteroatoms. The van der Waals surface area contributed by atoms with Crippen LogP contribution in [0.15, 0.2) is 42.5 Å². The first-order valence-electron chi connectivity index (χ1n) is 7.15. The van der Waals surface area contributed by atoms with Crippen molar-refractivity contribution >= 4 is 5.91 Å². The van der Waals surface area contributed by atoms with Crippen molar-refractivity contribution < 1.29 is 9.90 Å². The molecule has 2 N–H and O–H groups in total. The molecule has 21 heavy (non-hydrogen) atoms. The van der Waals surface area contributed by atoms with Gasteiger partial charge in [0.05, 0.1) is 6.61 Å². The molecule has 0 atom stereocenters. The summed E-state index contributed by atoms with van der Waals surface area (Å²) >= 11 is 0. The maximum absolute atomic E-state index is 12.2. The zero-order valence-corrected chi connectivity index (χ0v) is 12.5. The Labute approximate surface area is 125 Å². The molecule has 2 aromatic carbocycles. The Kier molecular flexibility index (Phi) is 5.12. The number of amides is 1. The Bertz CT molecular complexity index is 618. The number of hydrogen-bond acceptors (Lipinski definition) is 2. The molecule has 0 saturated heterocycles. The van der Waals surface area contributed by atoms with E-state index in [1.54, 1.807) is 0 Å². The van der Waals surface area contributed by atoms with Gasteiger partial charge in [-0.25, -0.2) is 0 Å². The minimum absolute atomic E-state index is 0.0248. The molecule has 0 aliphatic heterocycles. The summed E-state index contributed by atoms with van der Waals surface area (Å²) in [6.07, 6.45) is 0.780. The molecule has 0 aromatic heterocycles. The highest BCUT2D eigenvalue weighted by Gasteiger charge is 2.09. The van der Waals surface area contributed by atoms with Gasteiger partial charge in [-0.3, -0.25) is 4.79 Å². The van der Waals surface area contributed by atoms with Crippen LogP contribution in [0.25, 0.3) is 0 Å². The predicted octanol–water partition coefficient (Wildman–Crippen LogP) is 2.77. The normalized spacial score (nSPS) is 10.4. The number of nitrogens with one attached hydrogen (secondary N) is 1. The monoisotopic (exact) mass is 283 g/mol. The van der Waals surface area contributed by atoms with E-state index in [0.29, 0.717) is 6.54 Å². The van der Waals surface area contributed by atoms with Gasteiger partial charge in [0.25, 0.3) is 5.91 Å². The summed E-state index contributed by atoms with van der Waals surface area (Å²) in [4.78, 5) is 12.2. The summed E-state index contributed by atoms with van der Waals surface area (Å²) in [5, 5.41) is 12.0. The molecule has 1 amide bonds. The van der Waals surface area contributed by atoms with Crippen LogP contribution in [0.2, 0.25) is 0 Å². The molecular weight excluding hydrogens is 262 g/mol. The van der Waals surface area contributed by atoms with Crippen LogP contribution in [-0.2, 0) is 13.0 Å². The van der Waals surface area contributed by atoms with E-state index in [1.807, 2.05) is 56.3 Å². The van der Waals surface area contributed by atoms with Gasteiger partial charge in [0.2, 0.25) is 0 Å².